The predicted octanol–water partition coefficient (Wildman–Crippen LogP) is 6.67. The molecule has 0 aromatic heterocycles. The smallest absolute Gasteiger partial charge is 0.310 e. The van der Waals surface area contributed by atoms with E-state index in [1.807, 2.05) is 44.4 Å². The van der Waals surface area contributed by atoms with E-state index in [0.717, 1.165) is 40.4 Å². The van der Waals surface area contributed by atoms with Crippen molar-refractivity contribution in [2.24, 2.45) is 0 Å². The summed E-state index contributed by atoms with van der Waals surface area (Å²) in [7, 11) is 3.99. The van der Waals surface area contributed by atoms with Gasteiger partial charge in [-0.3, -0.25) is 4.79 Å². The van der Waals surface area contributed by atoms with E-state index in [-0.39, 0.29) is 17.3 Å². The van der Waals surface area contributed by atoms with Crippen LogP contribution in [0.5, 0.6) is 0 Å². The Morgan fingerprint density at radius 1 is 1.11 bits per heavy atom. The van der Waals surface area contributed by atoms with Crippen molar-refractivity contribution < 1.29 is 14.1 Å². The Labute approximate surface area is 180 Å². The number of benzene rings is 2. The van der Waals surface area contributed by atoms with Gasteiger partial charge in [-0.15, -0.1) is 0 Å². The molecule has 0 aliphatic carbocycles. The number of hydrogen-bond donors (Lipinski definition) is 0. The highest BCUT2D eigenvalue weighted by Gasteiger charge is 2.38. The first-order valence-electron chi connectivity index (χ1n) is 9.39. The Balaban J connectivity index is 1.91. The molecule has 28 heavy (non-hydrogen) atoms. The molecule has 0 spiro atoms. The average molecular weight is 440 g/mol. The molecule has 4 nitrogen and oxygen atoms in total. The highest BCUT2D eigenvalue weighted by molar-refractivity contribution is 7.99. The van der Waals surface area contributed by atoms with Crippen LogP contribution in [-0.4, -0.2) is 31.4 Å². The second kappa shape index (κ2) is 8.95. The van der Waals surface area contributed by atoms with Crippen LogP contribution in [0, 0.1) is 0 Å². The zero-order chi connectivity index (χ0) is 20.3. The quantitative estimate of drug-likeness (QED) is 0.208. The molecule has 1 heterocycles. The third kappa shape index (κ3) is 4.43. The molecule has 0 bridgehead atoms. The molecule has 0 saturated heterocycles. The maximum atomic E-state index is 12.2. The number of rotatable bonds is 7. The molecule has 0 saturated carbocycles. The number of unbranched alkanes of at least 4 members (excludes halogenated alkanes) is 2. The SMILES string of the molecule is CCCCCC(=O)OC[N+](C)(C)N1c2ccccc2Sc2ccc(Cl)c(Cl)c21. The van der Waals surface area contributed by atoms with Gasteiger partial charge in [0.25, 0.3) is 0 Å². The fourth-order valence-corrected chi connectivity index (χ4v) is 4.72. The minimum Gasteiger partial charge on any atom is -0.412 e. The topological polar surface area (TPSA) is 29.5 Å². The summed E-state index contributed by atoms with van der Waals surface area (Å²) in [6.07, 6.45) is 3.42. The number of esters is 1. The van der Waals surface area contributed by atoms with Crippen LogP contribution in [-0.2, 0) is 9.53 Å². The van der Waals surface area contributed by atoms with Gasteiger partial charge in [0.15, 0.2) is 0 Å². The Kier molecular flexibility index (Phi) is 6.81. The minimum atomic E-state index is -0.170. The summed E-state index contributed by atoms with van der Waals surface area (Å²) in [5, 5.41) is 3.10. The number of hydrogen-bond acceptors (Lipinski definition) is 4. The van der Waals surface area contributed by atoms with E-state index >= 15 is 0 Å². The van der Waals surface area contributed by atoms with E-state index < -0.39 is 0 Å². The van der Waals surface area contributed by atoms with E-state index in [4.69, 9.17) is 27.9 Å². The van der Waals surface area contributed by atoms with E-state index in [0.29, 0.717) is 16.5 Å². The van der Waals surface area contributed by atoms with Crippen LogP contribution in [0.15, 0.2) is 46.2 Å². The Morgan fingerprint density at radius 2 is 1.86 bits per heavy atom. The van der Waals surface area contributed by atoms with E-state index in [1.165, 1.54) is 0 Å². The van der Waals surface area contributed by atoms with Crippen molar-refractivity contribution in [3.05, 3.63) is 46.4 Å². The lowest BCUT2D eigenvalue weighted by atomic mass is 10.2. The van der Waals surface area contributed by atoms with Gasteiger partial charge in [0.2, 0.25) is 6.73 Å². The number of fused-ring (bicyclic) bond motifs is 2. The predicted molar refractivity (Wildman–Crippen MR) is 116 cm³/mol. The number of para-hydroxylation sites is 1. The monoisotopic (exact) mass is 439 g/mol. The van der Waals surface area contributed by atoms with Crippen molar-refractivity contribution in [3.63, 3.8) is 0 Å². The summed E-state index contributed by atoms with van der Waals surface area (Å²) in [5.74, 6) is -0.170. The van der Waals surface area contributed by atoms with Gasteiger partial charge in [0.1, 0.15) is 11.4 Å². The van der Waals surface area contributed by atoms with Crippen molar-refractivity contribution in [2.45, 2.75) is 42.4 Å². The lowest BCUT2D eigenvalue weighted by Gasteiger charge is -2.43. The molecule has 1 aliphatic rings. The Morgan fingerprint density at radius 3 is 2.61 bits per heavy atom. The van der Waals surface area contributed by atoms with Crippen LogP contribution in [0.25, 0.3) is 0 Å². The van der Waals surface area contributed by atoms with E-state index in [1.54, 1.807) is 11.8 Å². The normalized spacial score (nSPS) is 13.1. The largest absolute Gasteiger partial charge is 0.412 e. The number of carbonyl (C=O) groups excluding carboxylic acids is 1. The molecule has 7 heteroatoms. The molecule has 1 aliphatic heterocycles. The lowest BCUT2D eigenvalue weighted by molar-refractivity contribution is -0.910. The van der Waals surface area contributed by atoms with Gasteiger partial charge in [-0.1, -0.05) is 66.9 Å². The van der Waals surface area contributed by atoms with Crippen LogP contribution in [0.3, 0.4) is 0 Å². The first-order valence-corrected chi connectivity index (χ1v) is 11.0. The molecule has 150 valence electrons. The number of carbonyl (C=O) groups is 1. The second-order valence-electron chi connectivity index (χ2n) is 7.31. The fourth-order valence-electron chi connectivity index (χ4n) is 3.20. The average Bonchev–Trinajstić information content (AvgIpc) is 2.68. The summed E-state index contributed by atoms with van der Waals surface area (Å²) in [5.41, 5.74) is 1.85. The fraction of sp³-hybridized carbons (Fsp3) is 0.381. The van der Waals surface area contributed by atoms with Crippen molar-refractivity contribution in [1.29, 1.82) is 0 Å². The standard InChI is InChI=1S/C21H25Cl2N2O2S/c1-4-5-6-11-19(26)27-14-25(2,3)24-16-9-7-8-10-17(16)28-18-13-12-15(22)20(23)21(18)24/h7-10,12-13H,4-6,11,14H2,1-3H3/q+1. The number of nitrogens with zero attached hydrogens (tertiary/aromatic N) is 2. The zero-order valence-corrected chi connectivity index (χ0v) is 18.7. The number of quaternary nitrogens is 1. The molecule has 0 amide bonds. The highest BCUT2D eigenvalue weighted by atomic mass is 35.5. The van der Waals surface area contributed by atoms with Gasteiger partial charge < -0.3 is 4.74 Å². The second-order valence-corrected chi connectivity index (χ2v) is 9.18. The van der Waals surface area contributed by atoms with Gasteiger partial charge in [-0.25, -0.2) is 0 Å². The molecule has 0 radical (unpaired) electrons. The van der Waals surface area contributed by atoms with Crippen LogP contribution in [0.1, 0.15) is 32.6 Å². The van der Waals surface area contributed by atoms with Crippen molar-refractivity contribution in [1.82, 2.24) is 0 Å². The first-order chi connectivity index (χ1) is 13.3. The molecule has 0 atom stereocenters. The minimum absolute atomic E-state index is 0.170. The van der Waals surface area contributed by atoms with Crippen molar-refractivity contribution in [2.75, 3.05) is 25.8 Å². The van der Waals surface area contributed by atoms with Crippen LogP contribution in [0.4, 0.5) is 11.4 Å². The molecule has 0 N–H and O–H groups in total. The summed E-state index contributed by atoms with van der Waals surface area (Å²) < 4.78 is 5.90. The molecular weight excluding hydrogens is 415 g/mol. The van der Waals surface area contributed by atoms with Crippen LogP contribution in [0.2, 0.25) is 10.0 Å². The molecule has 2 aromatic rings. The van der Waals surface area contributed by atoms with E-state index in [2.05, 4.69) is 18.0 Å². The number of halogens is 2. The van der Waals surface area contributed by atoms with Crippen molar-refractivity contribution in [3.8, 4) is 0 Å². The Hall–Kier alpha value is -1.40. The third-order valence-electron chi connectivity index (χ3n) is 4.62. The summed E-state index contributed by atoms with van der Waals surface area (Å²) in [6, 6.07) is 11.9. The number of anilines is 2. The molecule has 2 aromatic carbocycles. The van der Waals surface area contributed by atoms with Crippen molar-refractivity contribution >= 4 is 52.3 Å². The third-order valence-corrected chi connectivity index (χ3v) is 6.53. The zero-order valence-electron chi connectivity index (χ0n) is 16.4. The summed E-state index contributed by atoms with van der Waals surface area (Å²) >= 11 is 14.6. The van der Waals surface area contributed by atoms with Crippen LogP contribution >= 0.6 is 35.0 Å². The summed E-state index contributed by atoms with van der Waals surface area (Å²) in [6.45, 7) is 2.32. The number of ether oxygens (including phenoxy) is 1. The Bertz CT molecular complexity index is 873. The van der Waals surface area contributed by atoms with Gasteiger partial charge in [-0.05, 0) is 30.7 Å². The van der Waals surface area contributed by atoms with E-state index in [9.17, 15) is 4.79 Å². The van der Waals surface area contributed by atoms with Gasteiger partial charge in [0.05, 0.1) is 24.1 Å². The van der Waals surface area contributed by atoms with Gasteiger partial charge in [0, 0.05) is 16.2 Å². The summed E-state index contributed by atoms with van der Waals surface area (Å²) in [4.78, 5) is 14.3. The van der Waals surface area contributed by atoms with Crippen LogP contribution < -0.4 is 5.01 Å². The first kappa shape index (κ1) is 21.3. The maximum absolute atomic E-state index is 12.2. The molecular formula is C21H25Cl2N2O2S+. The van der Waals surface area contributed by atoms with Gasteiger partial charge in [-0.2, -0.15) is 9.60 Å². The molecule has 0 unspecified atom stereocenters. The lowest BCUT2D eigenvalue weighted by Crippen LogP contribution is -2.55. The van der Waals surface area contributed by atoms with Gasteiger partial charge >= 0.3 is 5.97 Å². The molecule has 3 rings (SSSR count). The highest BCUT2D eigenvalue weighted by Crippen LogP contribution is 2.53. The molecule has 0 fully saturated rings. The maximum Gasteiger partial charge on any atom is 0.310 e.